The normalized spacial score (nSPS) is 12.1. The Kier molecular flexibility index (Phi) is 14.5. The molecule has 0 bridgehead atoms. The third kappa shape index (κ3) is 11.0. The van der Waals surface area contributed by atoms with Gasteiger partial charge in [-0.3, -0.25) is 28.8 Å². The van der Waals surface area contributed by atoms with E-state index in [9.17, 15) is 28.8 Å². The highest BCUT2D eigenvalue weighted by atomic mass is 35.5. The van der Waals surface area contributed by atoms with Crippen molar-refractivity contribution in [3.05, 3.63) is 140 Å². The number of para-hydroxylation sites is 2. The first-order valence-corrected chi connectivity index (χ1v) is 18.5. The summed E-state index contributed by atoms with van der Waals surface area (Å²) in [5, 5.41) is 25.6. The number of ketones is 2. The van der Waals surface area contributed by atoms with E-state index in [2.05, 4.69) is 41.7 Å². The van der Waals surface area contributed by atoms with Crippen molar-refractivity contribution in [1.29, 1.82) is 0 Å². The van der Waals surface area contributed by atoms with Crippen LogP contribution in [0.25, 0.3) is 0 Å². The third-order valence-corrected chi connectivity index (χ3v) is 9.29. The topological polar surface area (TPSA) is 200 Å². The second-order valence-electron chi connectivity index (χ2n) is 12.2. The van der Waals surface area contributed by atoms with E-state index in [1.165, 1.54) is 48.5 Å². The third-order valence-electron chi connectivity index (χ3n) is 7.90. The van der Waals surface area contributed by atoms with Gasteiger partial charge >= 0.3 is 0 Å². The number of amides is 4. The Morgan fingerprint density at radius 1 is 0.483 bits per heavy atom. The van der Waals surface area contributed by atoms with Gasteiger partial charge < -0.3 is 21.3 Å². The maximum absolute atomic E-state index is 13.3. The van der Waals surface area contributed by atoms with E-state index in [0.29, 0.717) is 11.4 Å². The van der Waals surface area contributed by atoms with E-state index >= 15 is 0 Å². The van der Waals surface area contributed by atoms with Crippen LogP contribution in [0.1, 0.15) is 34.6 Å². The number of rotatable bonds is 14. The maximum atomic E-state index is 13.3. The van der Waals surface area contributed by atoms with E-state index in [4.69, 9.17) is 46.4 Å². The van der Waals surface area contributed by atoms with Crippen LogP contribution in [-0.2, 0) is 19.2 Å². The van der Waals surface area contributed by atoms with E-state index in [-0.39, 0.29) is 54.0 Å². The van der Waals surface area contributed by atoms with Gasteiger partial charge in [-0.15, -0.1) is 0 Å². The monoisotopic (exact) mass is 858 g/mol. The van der Waals surface area contributed by atoms with Crippen LogP contribution in [0.5, 0.6) is 0 Å². The summed E-state index contributed by atoms with van der Waals surface area (Å²) in [6, 6.07) is 25.4. The summed E-state index contributed by atoms with van der Waals surface area (Å²) < 4.78 is 0. The average Bonchev–Trinajstić information content (AvgIpc) is 3.18. The predicted octanol–water partition coefficient (Wildman–Crippen LogP) is 10.2. The Bertz CT molecular complexity index is 2440. The smallest absolute Gasteiger partial charge is 0.258 e. The molecule has 0 aromatic heterocycles. The fourth-order valence-electron chi connectivity index (χ4n) is 5.03. The van der Waals surface area contributed by atoms with Crippen LogP contribution in [0, 0.1) is 0 Å². The summed E-state index contributed by atoms with van der Waals surface area (Å²) >= 11 is 25.8. The average molecular weight is 861 g/mol. The van der Waals surface area contributed by atoms with Crippen LogP contribution >= 0.6 is 46.4 Å². The van der Waals surface area contributed by atoms with E-state index in [1.54, 1.807) is 60.7 Å². The van der Waals surface area contributed by atoms with E-state index in [1.807, 2.05) is 0 Å². The molecule has 0 spiro atoms. The van der Waals surface area contributed by atoms with Gasteiger partial charge in [-0.05, 0) is 74.5 Å². The van der Waals surface area contributed by atoms with Crippen molar-refractivity contribution in [2.24, 2.45) is 20.5 Å². The number of hydrogen-bond acceptors (Lipinski definition) is 10. The van der Waals surface area contributed by atoms with Crippen molar-refractivity contribution in [3.8, 4) is 0 Å². The number of halogens is 4. The summed E-state index contributed by atoms with van der Waals surface area (Å²) in [5.41, 5.74) is 1.18. The molecule has 18 heteroatoms. The summed E-state index contributed by atoms with van der Waals surface area (Å²) in [7, 11) is 0. The second kappa shape index (κ2) is 19.7. The van der Waals surface area contributed by atoms with E-state index in [0.717, 1.165) is 13.8 Å². The van der Waals surface area contributed by atoms with Crippen molar-refractivity contribution < 1.29 is 28.8 Å². The lowest BCUT2D eigenvalue weighted by Crippen LogP contribution is -2.32. The van der Waals surface area contributed by atoms with Crippen LogP contribution in [0.3, 0.4) is 0 Å². The molecule has 58 heavy (non-hydrogen) atoms. The van der Waals surface area contributed by atoms with Crippen LogP contribution in [0.2, 0.25) is 20.1 Å². The molecule has 0 saturated heterocycles. The number of azo groups is 2. The lowest BCUT2D eigenvalue weighted by atomic mass is 10.1. The molecule has 4 amide bonds. The zero-order chi connectivity index (χ0) is 41.9. The molecule has 0 radical (unpaired) electrons. The molecule has 4 N–H and O–H groups in total. The van der Waals surface area contributed by atoms with Crippen LogP contribution in [0.15, 0.2) is 130 Å². The molecule has 0 fully saturated rings. The molecule has 294 valence electrons. The number of benzene rings is 5. The first kappa shape index (κ1) is 42.8. The summed E-state index contributed by atoms with van der Waals surface area (Å²) in [6.45, 7) is 2.25. The molecule has 0 aliphatic heterocycles. The van der Waals surface area contributed by atoms with Crippen LogP contribution in [0.4, 0.5) is 34.1 Å². The van der Waals surface area contributed by atoms with Gasteiger partial charge in [0, 0.05) is 17.1 Å². The maximum Gasteiger partial charge on any atom is 0.258 e. The van der Waals surface area contributed by atoms with Crippen LogP contribution < -0.4 is 21.3 Å². The standard InChI is InChI=1S/C40H30Cl4N8O6/c1-21(53)34(51-49-30-17-9-15-26(32(30)43)37(55)45-23-11-5-3-6-12-23)39(57)47-25-19-28(41)36(29(42)20-25)48-40(58)35(22(2)54)52-50-31-18-10-16-27(33(31)44)38(56)46-24-13-7-4-8-14-24/h3-20,34-35H,1-2H3,(H,45,55)(H,46,56)(H,47,57)(H,48,58). The minimum Gasteiger partial charge on any atom is -0.324 e. The second-order valence-corrected chi connectivity index (χ2v) is 13.7. The Hall–Kier alpha value is -6.32. The first-order valence-electron chi connectivity index (χ1n) is 17.0. The number of nitrogens with zero attached hydrogens (tertiary/aromatic N) is 4. The Morgan fingerprint density at radius 3 is 1.28 bits per heavy atom. The molecule has 14 nitrogen and oxygen atoms in total. The fourth-order valence-corrected chi connectivity index (χ4v) is 6.11. The van der Waals surface area contributed by atoms with E-state index < -0.39 is 47.3 Å². The van der Waals surface area contributed by atoms with Gasteiger partial charge in [0.2, 0.25) is 12.1 Å². The molecular formula is C40H30Cl4N8O6. The van der Waals surface area contributed by atoms with Gasteiger partial charge in [0.1, 0.15) is 11.4 Å². The van der Waals surface area contributed by atoms with Gasteiger partial charge in [0.25, 0.3) is 23.6 Å². The number of carbonyl (C=O) groups excluding carboxylic acids is 6. The van der Waals surface area contributed by atoms with Gasteiger partial charge in [-0.25, -0.2) is 0 Å². The first-order chi connectivity index (χ1) is 27.7. The summed E-state index contributed by atoms with van der Waals surface area (Å²) in [4.78, 5) is 77.2. The predicted molar refractivity (Wildman–Crippen MR) is 223 cm³/mol. The van der Waals surface area contributed by atoms with Gasteiger partial charge in [0.15, 0.2) is 11.6 Å². The number of Topliss-reactive ketones (excluding diaryl/α,β-unsaturated/α-hetero) is 2. The highest BCUT2D eigenvalue weighted by Gasteiger charge is 2.27. The highest BCUT2D eigenvalue weighted by molar-refractivity contribution is 6.41. The number of carbonyl (C=O) groups is 6. The quantitative estimate of drug-likeness (QED) is 0.0632. The van der Waals surface area contributed by atoms with Crippen molar-refractivity contribution in [3.63, 3.8) is 0 Å². The lowest BCUT2D eigenvalue weighted by molar-refractivity contribution is -0.127. The molecule has 0 aliphatic rings. The molecular weight excluding hydrogens is 830 g/mol. The fraction of sp³-hybridized carbons (Fsp3) is 0.100. The Morgan fingerprint density at radius 2 is 0.879 bits per heavy atom. The molecule has 2 unspecified atom stereocenters. The number of anilines is 4. The molecule has 5 aromatic rings. The largest absolute Gasteiger partial charge is 0.324 e. The van der Waals surface area contributed by atoms with Gasteiger partial charge in [-0.2, -0.15) is 20.5 Å². The van der Waals surface area contributed by atoms with Crippen molar-refractivity contribution in [2.45, 2.75) is 25.9 Å². The molecule has 0 heterocycles. The SMILES string of the molecule is CC(=O)C(N=Nc1cccc(C(=O)Nc2ccccc2)c1Cl)C(=O)Nc1cc(Cl)c(NC(=O)C(N=Nc2cccc(C(=O)Nc3ccccc3)c2Cl)C(C)=O)c(Cl)c1. The Balaban J connectivity index is 1.26. The molecule has 5 aromatic carbocycles. The minimum atomic E-state index is -1.68. The number of hydrogen-bond donors (Lipinski definition) is 4. The van der Waals surface area contributed by atoms with Crippen molar-refractivity contribution >= 4 is 116 Å². The lowest BCUT2D eigenvalue weighted by Gasteiger charge is -2.15. The molecule has 0 aliphatic carbocycles. The molecule has 2 atom stereocenters. The zero-order valence-electron chi connectivity index (χ0n) is 30.3. The number of nitrogens with one attached hydrogen (secondary N) is 4. The van der Waals surface area contributed by atoms with Crippen molar-refractivity contribution in [2.75, 3.05) is 21.3 Å². The van der Waals surface area contributed by atoms with Crippen molar-refractivity contribution in [1.82, 2.24) is 0 Å². The van der Waals surface area contributed by atoms with Crippen LogP contribution in [-0.4, -0.2) is 47.3 Å². The molecule has 0 saturated carbocycles. The highest BCUT2D eigenvalue weighted by Crippen LogP contribution is 2.35. The Labute approximate surface area is 351 Å². The summed E-state index contributed by atoms with van der Waals surface area (Å²) in [6.07, 6.45) is 0. The zero-order valence-corrected chi connectivity index (χ0v) is 33.3. The minimum absolute atomic E-state index is 0.0174. The van der Waals surface area contributed by atoms with Gasteiger partial charge in [0.05, 0.1) is 36.9 Å². The van der Waals surface area contributed by atoms with Gasteiger partial charge in [-0.1, -0.05) is 94.9 Å². The summed E-state index contributed by atoms with van der Waals surface area (Å²) in [5.74, 6) is -4.27. The molecule has 5 rings (SSSR count).